The van der Waals surface area contributed by atoms with E-state index in [-0.39, 0.29) is 6.04 Å². The van der Waals surface area contributed by atoms with Gasteiger partial charge in [-0.05, 0) is 35.2 Å². The summed E-state index contributed by atoms with van der Waals surface area (Å²) < 4.78 is 11.2. The first-order valence-corrected chi connectivity index (χ1v) is 10.4. The summed E-state index contributed by atoms with van der Waals surface area (Å²) in [5, 5.41) is 0. The third-order valence-corrected chi connectivity index (χ3v) is 5.72. The molecule has 156 valence electrons. The Morgan fingerprint density at radius 2 is 1.67 bits per heavy atom. The number of fused-ring (bicyclic) bond motifs is 1. The molecule has 2 aromatic carbocycles. The number of rotatable bonds is 6. The van der Waals surface area contributed by atoms with Crippen LogP contribution >= 0.6 is 0 Å². The SMILES string of the molecule is COc1cc2c(cc1OC)[C@H](c1ccccc1)N(Cc1cnc(C(C)C)nc1)CC2. The molecule has 1 aliphatic rings. The van der Waals surface area contributed by atoms with E-state index in [0.717, 1.165) is 42.4 Å². The lowest BCUT2D eigenvalue weighted by Gasteiger charge is -2.38. The van der Waals surface area contributed by atoms with Crippen molar-refractivity contribution in [1.29, 1.82) is 0 Å². The Kier molecular flexibility index (Phi) is 6.00. The highest BCUT2D eigenvalue weighted by Gasteiger charge is 2.30. The van der Waals surface area contributed by atoms with Gasteiger partial charge in [-0.1, -0.05) is 44.2 Å². The first-order chi connectivity index (χ1) is 14.6. The van der Waals surface area contributed by atoms with Crippen LogP contribution in [0.3, 0.4) is 0 Å². The third-order valence-electron chi connectivity index (χ3n) is 5.72. The van der Waals surface area contributed by atoms with Crippen LogP contribution in [0.5, 0.6) is 11.5 Å². The van der Waals surface area contributed by atoms with Crippen LogP contribution in [0, 0.1) is 0 Å². The molecule has 30 heavy (non-hydrogen) atoms. The lowest BCUT2D eigenvalue weighted by atomic mass is 9.87. The fraction of sp³-hybridized carbons (Fsp3) is 0.360. The highest BCUT2D eigenvalue weighted by molar-refractivity contribution is 5.51. The predicted octanol–water partition coefficient (Wildman–Crippen LogP) is 4.76. The first kappa shape index (κ1) is 20.4. The molecule has 1 aromatic heterocycles. The van der Waals surface area contributed by atoms with Crippen LogP contribution in [0.4, 0.5) is 0 Å². The van der Waals surface area contributed by atoms with Crippen molar-refractivity contribution in [2.45, 2.75) is 38.8 Å². The minimum absolute atomic E-state index is 0.138. The van der Waals surface area contributed by atoms with Crippen LogP contribution in [-0.2, 0) is 13.0 Å². The summed E-state index contributed by atoms with van der Waals surface area (Å²) in [4.78, 5) is 11.6. The van der Waals surface area contributed by atoms with Gasteiger partial charge in [0.05, 0.1) is 20.3 Å². The van der Waals surface area contributed by atoms with Crippen LogP contribution in [0.2, 0.25) is 0 Å². The molecule has 0 bridgehead atoms. The number of hydrogen-bond donors (Lipinski definition) is 0. The van der Waals surface area contributed by atoms with Gasteiger partial charge in [0.15, 0.2) is 11.5 Å². The zero-order chi connectivity index (χ0) is 21.1. The van der Waals surface area contributed by atoms with Crippen LogP contribution in [0.1, 0.15) is 53.9 Å². The summed E-state index contributed by atoms with van der Waals surface area (Å²) in [6, 6.07) is 15.1. The summed E-state index contributed by atoms with van der Waals surface area (Å²) in [6.07, 6.45) is 4.90. The van der Waals surface area contributed by atoms with Crippen LogP contribution in [-0.4, -0.2) is 35.6 Å². The van der Waals surface area contributed by atoms with Gasteiger partial charge in [-0.2, -0.15) is 0 Å². The fourth-order valence-corrected chi connectivity index (χ4v) is 4.17. The molecule has 0 saturated heterocycles. The number of benzene rings is 2. The molecule has 0 unspecified atom stereocenters. The summed E-state index contributed by atoms with van der Waals surface area (Å²) in [6.45, 7) is 5.98. The lowest BCUT2D eigenvalue weighted by Crippen LogP contribution is -2.35. The van der Waals surface area contributed by atoms with E-state index in [9.17, 15) is 0 Å². The quantitative estimate of drug-likeness (QED) is 0.594. The van der Waals surface area contributed by atoms with E-state index in [0.29, 0.717) is 5.92 Å². The zero-order valence-corrected chi connectivity index (χ0v) is 18.1. The van der Waals surface area contributed by atoms with Gasteiger partial charge in [0.1, 0.15) is 5.82 Å². The summed E-state index contributed by atoms with van der Waals surface area (Å²) in [5.41, 5.74) is 4.98. The number of aromatic nitrogens is 2. The molecule has 0 fully saturated rings. The van der Waals surface area contributed by atoms with Crippen LogP contribution in [0.15, 0.2) is 54.9 Å². The third kappa shape index (κ3) is 4.03. The van der Waals surface area contributed by atoms with Crippen molar-refractivity contribution in [2.75, 3.05) is 20.8 Å². The number of hydrogen-bond acceptors (Lipinski definition) is 5. The molecule has 5 nitrogen and oxygen atoms in total. The summed E-state index contributed by atoms with van der Waals surface area (Å²) in [5.74, 6) is 2.78. The number of nitrogens with zero attached hydrogens (tertiary/aromatic N) is 3. The topological polar surface area (TPSA) is 47.5 Å². The van der Waals surface area contributed by atoms with E-state index in [1.807, 2.05) is 12.4 Å². The van der Waals surface area contributed by atoms with Gasteiger partial charge in [0.2, 0.25) is 0 Å². The van der Waals surface area contributed by atoms with Crippen molar-refractivity contribution in [1.82, 2.24) is 14.9 Å². The normalized spacial score (nSPS) is 16.4. The van der Waals surface area contributed by atoms with Gasteiger partial charge < -0.3 is 9.47 Å². The van der Waals surface area contributed by atoms with E-state index >= 15 is 0 Å². The highest BCUT2D eigenvalue weighted by Crippen LogP contribution is 2.41. The maximum Gasteiger partial charge on any atom is 0.161 e. The highest BCUT2D eigenvalue weighted by atomic mass is 16.5. The maximum atomic E-state index is 5.61. The first-order valence-electron chi connectivity index (χ1n) is 10.4. The Morgan fingerprint density at radius 1 is 1.00 bits per heavy atom. The molecule has 0 aliphatic carbocycles. The molecule has 3 aromatic rings. The second-order valence-electron chi connectivity index (χ2n) is 8.04. The van der Waals surface area contributed by atoms with E-state index in [2.05, 4.69) is 71.2 Å². The van der Waals surface area contributed by atoms with E-state index in [4.69, 9.17) is 9.47 Å². The monoisotopic (exact) mass is 403 g/mol. The Balaban J connectivity index is 1.72. The molecule has 5 heteroatoms. The van der Waals surface area contributed by atoms with Crippen molar-refractivity contribution in [3.05, 3.63) is 82.9 Å². The lowest BCUT2D eigenvalue weighted by molar-refractivity contribution is 0.203. The van der Waals surface area contributed by atoms with Crippen molar-refractivity contribution >= 4 is 0 Å². The molecule has 0 amide bonds. The molecule has 0 spiro atoms. The standard InChI is InChI=1S/C25H29N3O2/c1-17(2)25-26-14-18(15-27-25)16-28-11-10-20-12-22(29-3)23(30-4)13-21(20)24(28)19-8-6-5-7-9-19/h5-9,12-15,17,24H,10-11,16H2,1-4H3/t24-/m0/s1. The molecule has 1 aliphatic heterocycles. The van der Waals surface area contributed by atoms with Crippen molar-refractivity contribution in [3.8, 4) is 11.5 Å². The predicted molar refractivity (Wildman–Crippen MR) is 118 cm³/mol. The van der Waals surface area contributed by atoms with Crippen molar-refractivity contribution in [2.24, 2.45) is 0 Å². The Labute approximate surface area is 178 Å². The van der Waals surface area contributed by atoms with Crippen molar-refractivity contribution in [3.63, 3.8) is 0 Å². The number of ether oxygens (including phenoxy) is 2. The minimum atomic E-state index is 0.138. The molecule has 0 N–H and O–H groups in total. The molecule has 0 saturated carbocycles. The molecule has 0 radical (unpaired) electrons. The average molecular weight is 404 g/mol. The van der Waals surface area contributed by atoms with Gasteiger partial charge in [0, 0.05) is 37.0 Å². The Bertz CT molecular complexity index is 987. The second-order valence-corrected chi connectivity index (χ2v) is 8.04. The maximum absolute atomic E-state index is 5.61. The Hall–Kier alpha value is -2.92. The molecule has 1 atom stereocenters. The fourth-order valence-electron chi connectivity index (χ4n) is 4.17. The zero-order valence-electron chi connectivity index (χ0n) is 18.1. The number of methoxy groups -OCH3 is 2. The average Bonchev–Trinajstić information content (AvgIpc) is 2.79. The minimum Gasteiger partial charge on any atom is -0.493 e. The van der Waals surface area contributed by atoms with E-state index in [1.165, 1.54) is 16.7 Å². The van der Waals surface area contributed by atoms with Gasteiger partial charge in [0.25, 0.3) is 0 Å². The van der Waals surface area contributed by atoms with Gasteiger partial charge in [-0.15, -0.1) is 0 Å². The Morgan fingerprint density at radius 3 is 2.30 bits per heavy atom. The van der Waals surface area contributed by atoms with E-state index < -0.39 is 0 Å². The molecular weight excluding hydrogens is 374 g/mol. The van der Waals surface area contributed by atoms with E-state index in [1.54, 1.807) is 14.2 Å². The molecule has 2 heterocycles. The van der Waals surface area contributed by atoms with Gasteiger partial charge >= 0.3 is 0 Å². The molecule has 4 rings (SSSR count). The van der Waals surface area contributed by atoms with Crippen molar-refractivity contribution < 1.29 is 9.47 Å². The van der Waals surface area contributed by atoms with Crippen LogP contribution in [0.25, 0.3) is 0 Å². The summed E-state index contributed by atoms with van der Waals surface area (Å²) in [7, 11) is 3.38. The molecular formula is C25H29N3O2. The smallest absolute Gasteiger partial charge is 0.161 e. The van der Waals surface area contributed by atoms with Crippen LogP contribution < -0.4 is 9.47 Å². The van der Waals surface area contributed by atoms with Gasteiger partial charge in [-0.25, -0.2) is 9.97 Å². The van der Waals surface area contributed by atoms with Gasteiger partial charge in [-0.3, -0.25) is 4.90 Å². The summed E-state index contributed by atoms with van der Waals surface area (Å²) >= 11 is 0. The second kappa shape index (κ2) is 8.84. The largest absolute Gasteiger partial charge is 0.493 e.